The lowest BCUT2D eigenvalue weighted by atomic mass is 10.0. The van der Waals surface area contributed by atoms with Gasteiger partial charge < -0.3 is 25.3 Å². The number of rotatable bonds is 5. The molecule has 4 N–H and O–H groups in total. The first kappa shape index (κ1) is 20.3. The predicted octanol–water partition coefficient (Wildman–Crippen LogP) is 2.70. The molecule has 27 heavy (non-hydrogen) atoms. The maximum Gasteiger partial charge on any atom is 0.407 e. The lowest BCUT2D eigenvalue weighted by Crippen LogP contribution is -2.33. The molecule has 0 aliphatic carbocycles. The summed E-state index contributed by atoms with van der Waals surface area (Å²) < 4.78 is 5.14. The molecule has 146 valence electrons. The van der Waals surface area contributed by atoms with Crippen molar-refractivity contribution in [2.75, 3.05) is 6.54 Å². The minimum Gasteiger partial charge on any atom is -0.505 e. The number of ether oxygens (including phenoxy) is 1. The van der Waals surface area contributed by atoms with Gasteiger partial charge in [-0.05, 0) is 52.2 Å². The third kappa shape index (κ3) is 4.78. The summed E-state index contributed by atoms with van der Waals surface area (Å²) in [5, 5.41) is 22.5. The van der Waals surface area contributed by atoms with Crippen molar-refractivity contribution in [2.45, 2.75) is 46.1 Å². The molecule has 0 atom stereocenters. The van der Waals surface area contributed by atoms with E-state index in [1.165, 1.54) is 6.92 Å². The Morgan fingerprint density at radius 1 is 1.26 bits per heavy atom. The highest BCUT2D eigenvalue weighted by atomic mass is 16.6. The number of benzene rings is 1. The Balaban J connectivity index is 2.15. The fourth-order valence-electron chi connectivity index (χ4n) is 2.68. The number of amides is 1. The number of alkyl carbamates (subject to hydrolysis) is 1. The largest absolute Gasteiger partial charge is 0.505 e. The van der Waals surface area contributed by atoms with E-state index in [-0.39, 0.29) is 27.9 Å². The molecule has 8 nitrogen and oxygen atoms in total. The van der Waals surface area contributed by atoms with Crippen molar-refractivity contribution in [1.29, 1.82) is 0 Å². The Morgan fingerprint density at radius 3 is 2.52 bits per heavy atom. The highest BCUT2D eigenvalue weighted by Gasteiger charge is 2.18. The third-order valence-corrected chi connectivity index (χ3v) is 3.98. The number of nitrogens with one attached hydrogen (secondary N) is 2. The number of carbonyl (C=O) groups is 2. The van der Waals surface area contributed by atoms with Gasteiger partial charge in [-0.2, -0.15) is 0 Å². The van der Waals surface area contributed by atoms with Gasteiger partial charge in [0.05, 0.1) is 5.52 Å². The number of fused-ring (bicyclic) bond motifs is 1. The molecule has 1 heterocycles. The Kier molecular flexibility index (Phi) is 5.78. The Labute approximate surface area is 156 Å². The highest BCUT2D eigenvalue weighted by molar-refractivity contribution is 5.93. The van der Waals surface area contributed by atoms with Crippen molar-refractivity contribution in [3.63, 3.8) is 0 Å². The Hall–Kier alpha value is -3.03. The van der Waals surface area contributed by atoms with E-state index in [2.05, 4.69) is 10.3 Å². The van der Waals surface area contributed by atoms with Crippen molar-refractivity contribution in [3.8, 4) is 5.75 Å². The Morgan fingerprint density at radius 2 is 1.93 bits per heavy atom. The van der Waals surface area contributed by atoms with Crippen LogP contribution in [0.15, 0.2) is 16.9 Å². The minimum absolute atomic E-state index is 0.0868. The normalized spacial score (nSPS) is 11.4. The number of carboxylic acids is 1. The van der Waals surface area contributed by atoms with Crippen LogP contribution in [0.4, 0.5) is 4.79 Å². The average molecular weight is 376 g/mol. The summed E-state index contributed by atoms with van der Waals surface area (Å²) in [4.78, 5) is 37.8. The quantitative estimate of drug-likeness (QED) is 0.594. The zero-order valence-electron chi connectivity index (χ0n) is 15.8. The smallest absolute Gasteiger partial charge is 0.407 e. The lowest BCUT2D eigenvalue weighted by molar-refractivity contribution is 0.0526. The van der Waals surface area contributed by atoms with E-state index >= 15 is 0 Å². The summed E-state index contributed by atoms with van der Waals surface area (Å²) in [6.07, 6.45) is 0.437. The van der Waals surface area contributed by atoms with Crippen LogP contribution in [-0.2, 0) is 11.2 Å². The maximum atomic E-state index is 12.3. The number of aromatic amines is 1. The molecule has 8 heteroatoms. The molecule has 2 aromatic rings. The van der Waals surface area contributed by atoms with E-state index in [4.69, 9.17) is 4.74 Å². The van der Waals surface area contributed by atoms with Crippen molar-refractivity contribution >= 4 is 23.0 Å². The van der Waals surface area contributed by atoms with Crippen LogP contribution in [0, 0.1) is 6.92 Å². The zero-order chi connectivity index (χ0) is 20.4. The van der Waals surface area contributed by atoms with E-state index in [1.54, 1.807) is 32.9 Å². The molecule has 0 saturated heterocycles. The molecule has 1 amide bonds. The molecule has 0 aliphatic heterocycles. The van der Waals surface area contributed by atoms with Gasteiger partial charge >= 0.3 is 12.1 Å². The first-order valence-corrected chi connectivity index (χ1v) is 8.59. The van der Waals surface area contributed by atoms with Crippen LogP contribution in [0.2, 0.25) is 0 Å². The molecule has 0 fully saturated rings. The van der Waals surface area contributed by atoms with Crippen molar-refractivity contribution < 1.29 is 24.5 Å². The first-order valence-electron chi connectivity index (χ1n) is 8.59. The second-order valence-electron chi connectivity index (χ2n) is 7.29. The average Bonchev–Trinajstić information content (AvgIpc) is 2.54. The number of phenolic OH excluding ortho intramolecular Hbond substituents is 1. The van der Waals surface area contributed by atoms with Crippen LogP contribution in [0.1, 0.15) is 48.8 Å². The summed E-state index contributed by atoms with van der Waals surface area (Å²) in [5.41, 5.74) is -0.526. The minimum atomic E-state index is -1.27. The van der Waals surface area contributed by atoms with Crippen LogP contribution in [-0.4, -0.2) is 39.4 Å². The number of hydrogen-bond donors (Lipinski definition) is 4. The SMILES string of the molecule is Cc1c(C(=O)O)[nH]c2c(O)c(CCCNC(=O)OC(C)(C)C)ccc2c1=O. The van der Waals surface area contributed by atoms with Gasteiger partial charge in [0.1, 0.15) is 17.0 Å². The van der Waals surface area contributed by atoms with Crippen molar-refractivity contribution in [3.05, 3.63) is 39.2 Å². The van der Waals surface area contributed by atoms with E-state index in [0.717, 1.165) is 0 Å². The molecule has 0 unspecified atom stereocenters. The molecule has 2 rings (SSSR count). The fraction of sp³-hybridized carbons (Fsp3) is 0.421. The predicted molar refractivity (Wildman–Crippen MR) is 100 cm³/mol. The van der Waals surface area contributed by atoms with Gasteiger partial charge in [-0.15, -0.1) is 0 Å². The summed E-state index contributed by atoms with van der Waals surface area (Å²) in [6.45, 7) is 7.08. The standard InChI is InChI=1S/C19H24N2O6/c1-10-13(17(24)25)21-14-12(15(10)22)8-7-11(16(14)23)6-5-9-20-18(26)27-19(2,3)4/h7-8,23H,5-6,9H2,1-4H3,(H,20,26)(H,21,22)(H,24,25). The monoisotopic (exact) mass is 376 g/mol. The van der Waals surface area contributed by atoms with Crippen LogP contribution >= 0.6 is 0 Å². The van der Waals surface area contributed by atoms with Gasteiger partial charge in [0.2, 0.25) is 0 Å². The molecular formula is C19H24N2O6. The zero-order valence-corrected chi connectivity index (χ0v) is 15.8. The Bertz CT molecular complexity index is 940. The van der Waals surface area contributed by atoms with Crippen LogP contribution in [0.5, 0.6) is 5.75 Å². The van der Waals surface area contributed by atoms with Crippen LogP contribution in [0.25, 0.3) is 10.9 Å². The number of carboxylic acid groups (broad SMARTS) is 1. The fourth-order valence-corrected chi connectivity index (χ4v) is 2.68. The van der Waals surface area contributed by atoms with Crippen LogP contribution in [0.3, 0.4) is 0 Å². The molecule has 1 aromatic carbocycles. The number of hydrogen-bond acceptors (Lipinski definition) is 5. The maximum absolute atomic E-state index is 12.3. The number of carbonyl (C=O) groups excluding carboxylic acids is 1. The lowest BCUT2D eigenvalue weighted by Gasteiger charge is -2.19. The topological polar surface area (TPSA) is 129 Å². The number of aromatic carboxylic acids is 1. The van der Waals surface area contributed by atoms with E-state index in [0.29, 0.717) is 24.9 Å². The van der Waals surface area contributed by atoms with E-state index < -0.39 is 23.1 Å². The summed E-state index contributed by atoms with van der Waals surface area (Å²) in [5.74, 6) is -1.43. The van der Waals surface area contributed by atoms with Crippen molar-refractivity contribution in [2.24, 2.45) is 0 Å². The van der Waals surface area contributed by atoms with Gasteiger partial charge in [-0.3, -0.25) is 4.79 Å². The number of phenols is 1. The molecule has 0 bridgehead atoms. The molecular weight excluding hydrogens is 352 g/mol. The summed E-state index contributed by atoms with van der Waals surface area (Å²) >= 11 is 0. The molecule has 0 spiro atoms. The number of aromatic hydroxyl groups is 1. The summed E-state index contributed by atoms with van der Waals surface area (Å²) in [6, 6.07) is 3.18. The van der Waals surface area contributed by atoms with E-state index in [1.807, 2.05) is 0 Å². The van der Waals surface area contributed by atoms with Gasteiger partial charge in [0, 0.05) is 17.5 Å². The summed E-state index contributed by atoms with van der Waals surface area (Å²) in [7, 11) is 0. The molecule has 0 aliphatic rings. The molecule has 0 saturated carbocycles. The molecule has 1 aromatic heterocycles. The first-order chi connectivity index (χ1) is 12.5. The van der Waals surface area contributed by atoms with E-state index in [9.17, 15) is 24.6 Å². The second-order valence-corrected chi connectivity index (χ2v) is 7.29. The van der Waals surface area contributed by atoms with Gasteiger partial charge in [-0.25, -0.2) is 9.59 Å². The number of pyridine rings is 1. The van der Waals surface area contributed by atoms with Crippen LogP contribution < -0.4 is 10.7 Å². The number of H-pyrrole nitrogens is 1. The van der Waals surface area contributed by atoms with Gasteiger partial charge in [0.15, 0.2) is 5.43 Å². The number of aryl methyl sites for hydroxylation is 1. The second kappa shape index (κ2) is 7.69. The third-order valence-electron chi connectivity index (χ3n) is 3.98. The van der Waals surface area contributed by atoms with Gasteiger partial charge in [0.25, 0.3) is 0 Å². The van der Waals surface area contributed by atoms with Gasteiger partial charge in [-0.1, -0.05) is 6.07 Å². The highest BCUT2D eigenvalue weighted by Crippen LogP contribution is 2.27. The molecule has 0 radical (unpaired) electrons. The van der Waals surface area contributed by atoms with Crippen molar-refractivity contribution in [1.82, 2.24) is 10.3 Å². The number of aromatic nitrogens is 1.